The second-order valence-corrected chi connectivity index (χ2v) is 8.80. The quantitative estimate of drug-likeness (QED) is 0.674. The number of hydrogen-bond acceptors (Lipinski definition) is 4. The second kappa shape index (κ2) is 5.85. The van der Waals surface area contributed by atoms with Crippen LogP contribution in [0.2, 0.25) is 0 Å². The van der Waals surface area contributed by atoms with Crippen LogP contribution in [-0.2, 0) is 19.1 Å². The third kappa shape index (κ3) is 3.82. The predicted octanol–water partition coefficient (Wildman–Crippen LogP) is 2.00. The van der Waals surface area contributed by atoms with Gasteiger partial charge in [0.05, 0.1) is 9.79 Å². The maximum absolute atomic E-state index is 12.2. The van der Waals surface area contributed by atoms with Crippen LogP contribution in [-0.4, -0.2) is 22.9 Å². The fourth-order valence-electron chi connectivity index (χ4n) is 1.98. The fraction of sp³-hybridized carbons (Fsp3) is 0.333. The molecule has 1 unspecified atom stereocenters. The van der Waals surface area contributed by atoms with E-state index >= 15 is 0 Å². The fourth-order valence-corrected chi connectivity index (χ4v) is 4.18. The van der Waals surface area contributed by atoms with Gasteiger partial charge in [0, 0.05) is 16.7 Å². The van der Waals surface area contributed by atoms with Gasteiger partial charge in [-0.15, -0.1) is 0 Å². The van der Waals surface area contributed by atoms with E-state index in [0.717, 1.165) is 18.9 Å². The van der Waals surface area contributed by atoms with Crippen LogP contribution in [0.3, 0.4) is 0 Å². The van der Waals surface area contributed by atoms with Crippen molar-refractivity contribution >= 4 is 29.8 Å². The summed E-state index contributed by atoms with van der Waals surface area (Å²) in [7, 11) is -2.48. The van der Waals surface area contributed by atoms with E-state index in [0.29, 0.717) is 6.42 Å². The van der Waals surface area contributed by atoms with Crippen LogP contribution in [0, 0.1) is 0 Å². The summed E-state index contributed by atoms with van der Waals surface area (Å²) < 4.78 is 49.5. The van der Waals surface area contributed by atoms with Crippen molar-refractivity contribution in [1.29, 1.82) is 0 Å². The number of allylic oxidation sites excluding steroid dienone is 1. The van der Waals surface area contributed by atoms with E-state index in [-0.39, 0.29) is 15.8 Å². The summed E-state index contributed by atoms with van der Waals surface area (Å²) in [6.45, 7) is 0. The van der Waals surface area contributed by atoms with Crippen LogP contribution in [0.25, 0.3) is 0 Å². The molecule has 0 bridgehead atoms. The van der Waals surface area contributed by atoms with Crippen molar-refractivity contribution in [2.75, 3.05) is 0 Å². The molecule has 0 radical (unpaired) electrons. The lowest BCUT2D eigenvalue weighted by Gasteiger charge is -2.19. The summed E-state index contributed by atoms with van der Waals surface area (Å²) in [5, 5.41) is 0. The van der Waals surface area contributed by atoms with E-state index in [1.807, 2.05) is 12.2 Å². The minimum Gasteiger partial charge on any atom is -0.208 e. The van der Waals surface area contributed by atoms with Crippen molar-refractivity contribution in [3.8, 4) is 0 Å². The molecule has 0 spiro atoms. The SMILES string of the molecule is O=S(=O)(Cl)c1cccc(S(=O)(=O)NC2CC=CCC2)c1. The number of halogens is 1. The molecule has 1 aromatic carbocycles. The van der Waals surface area contributed by atoms with Crippen molar-refractivity contribution < 1.29 is 16.8 Å². The third-order valence-corrected chi connectivity index (χ3v) is 5.86. The molecule has 0 saturated heterocycles. The third-order valence-electron chi connectivity index (χ3n) is 2.99. The van der Waals surface area contributed by atoms with Crippen molar-refractivity contribution in [2.24, 2.45) is 0 Å². The highest BCUT2D eigenvalue weighted by atomic mass is 35.7. The maximum atomic E-state index is 12.2. The first-order chi connectivity index (χ1) is 9.29. The minimum atomic E-state index is -3.95. The van der Waals surface area contributed by atoms with Crippen molar-refractivity contribution in [2.45, 2.75) is 35.1 Å². The normalized spacial score (nSPS) is 19.9. The Balaban J connectivity index is 2.27. The number of benzene rings is 1. The first kappa shape index (κ1) is 15.5. The Kier molecular flexibility index (Phi) is 4.53. The van der Waals surface area contributed by atoms with E-state index in [1.165, 1.54) is 18.2 Å². The summed E-state index contributed by atoms with van der Waals surface area (Å²) in [5.41, 5.74) is 0. The van der Waals surface area contributed by atoms with Gasteiger partial charge in [-0.1, -0.05) is 18.2 Å². The van der Waals surface area contributed by atoms with Crippen molar-refractivity contribution in [3.63, 3.8) is 0 Å². The van der Waals surface area contributed by atoms with Crippen LogP contribution in [0.5, 0.6) is 0 Å². The average molecular weight is 336 g/mol. The molecule has 0 aliphatic heterocycles. The molecule has 5 nitrogen and oxygen atoms in total. The van der Waals surface area contributed by atoms with Gasteiger partial charge in [0.1, 0.15) is 0 Å². The standard InChI is InChI=1S/C12H14ClNO4S2/c13-19(15,16)11-7-4-8-12(9-11)20(17,18)14-10-5-2-1-3-6-10/h1-2,4,7-10,14H,3,5-6H2. The molecule has 1 atom stereocenters. The number of nitrogens with one attached hydrogen (secondary N) is 1. The van der Waals surface area contributed by atoms with E-state index < -0.39 is 19.1 Å². The average Bonchev–Trinajstić information content (AvgIpc) is 2.38. The van der Waals surface area contributed by atoms with Crippen LogP contribution < -0.4 is 4.72 Å². The Morgan fingerprint density at radius 3 is 2.40 bits per heavy atom. The minimum absolute atomic E-state index is 0.103. The Labute approximate surface area is 123 Å². The molecular formula is C12H14ClNO4S2. The van der Waals surface area contributed by atoms with Crippen LogP contribution in [0.1, 0.15) is 19.3 Å². The molecule has 1 aromatic rings. The van der Waals surface area contributed by atoms with Crippen LogP contribution in [0.15, 0.2) is 46.2 Å². The van der Waals surface area contributed by atoms with Gasteiger partial charge < -0.3 is 0 Å². The van der Waals surface area contributed by atoms with Crippen molar-refractivity contribution in [1.82, 2.24) is 4.72 Å². The van der Waals surface area contributed by atoms with Gasteiger partial charge in [-0.25, -0.2) is 21.6 Å². The molecule has 0 saturated carbocycles. The van der Waals surface area contributed by atoms with Crippen molar-refractivity contribution in [3.05, 3.63) is 36.4 Å². The summed E-state index contributed by atoms with van der Waals surface area (Å²) in [6, 6.07) is 4.84. The Hall–Kier alpha value is -0.890. The number of hydrogen-bond donors (Lipinski definition) is 1. The van der Waals surface area contributed by atoms with Gasteiger partial charge in [-0.2, -0.15) is 0 Å². The van der Waals surface area contributed by atoms with Gasteiger partial charge in [-0.05, 0) is 37.5 Å². The highest BCUT2D eigenvalue weighted by Gasteiger charge is 2.22. The summed E-state index contributed by atoms with van der Waals surface area (Å²) >= 11 is 0. The van der Waals surface area contributed by atoms with Crippen LogP contribution >= 0.6 is 10.7 Å². The number of sulfonamides is 1. The summed E-state index contributed by atoms with van der Waals surface area (Å²) in [5.74, 6) is 0. The molecule has 1 aliphatic rings. The van der Waals surface area contributed by atoms with Gasteiger partial charge in [-0.3, -0.25) is 0 Å². The molecule has 110 valence electrons. The molecule has 0 fully saturated rings. The highest BCUT2D eigenvalue weighted by Crippen LogP contribution is 2.20. The monoisotopic (exact) mass is 335 g/mol. The predicted molar refractivity (Wildman–Crippen MR) is 76.6 cm³/mol. The molecule has 20 heavy (non-hydrogen) atoms. The zero-order chi connectivity index (χ0) is 14.8. The van der Waals surface area contributed by atoms with E-state index in [9.17, 15) is 16.8 Å². The molecule has 2 rings (SSSR count). The molecule has 8 heteroatoms. The second-order valence-electron chi connectivity index (χ2n) is 4.52. The zero-order valence-electron chi connectivity index (χ0n) is 10.5. The van der Waals surface area contributed by atoms with Gasteiger partial charge in [0.15, 0.2) is 0 Å². The zero-order valence-corrected chi connectivity index (χ0v) is 12.9. The highest BCUT2D eigenvalue weighted by molar-refractivity contribution is 8.13. The van der Waals surface area contributed by atoms with Gasteiger partial charge in [0.25, 0.3) is 9.05 Å². The van der Waals surface area contributed by atoms with Gasteiger partial charge >= 0.3 is 0 Å². The Morgan fingerprint density at radius 2 is 1.80 bits per heavy atom. The first-order valence-corrected chi connectivity index (χ1v) is 9.80. The molecule has 1 N–H and O–H groups in total. The van der Waals surface area contributed by atoms with Gasteiger partial charge in [0.2, 0.25) is 10.0 Å². The molecule has 1 aliphatic carbocycles. The van der Waals surface area contributed by atoms with E-state index in [4.69, 9.17) is 10.7 Å². The molecular weight excluding hydrogens is 322 g/mol. The van der Waals surface area contributed by atoms with Crippen LogP contribution in [0.4, 0.5) is 0 Å². The lowest BCUT2D eigenvalue weighted by Crippen LogP contribution is -2.35. The molecule has 0 aromatic heterocycles. The smallest absolute Gasteiger partial charge is 0.208 e. The Morgan fingerprint density at radius 1 is 1.10 bits per heavy atom. The molecule has 0 heterocycles. The number of rotatable bonds is 4. The maximum Gasteiger partial charge on any atom is 0.261 e. The van der Waals surface area contributed by atoms with E-state index in [2.05, 4.69) is 4.72 Å². The Bertz CT molecular complexity index is 726. The van der Waals surface area contributed by atoms with E-state index in [1.54, 1.807) is 0 Å². The molecule has 0 amide bonds. The lowest BCUT2D eigenvalue weighted by molar-refractivity contribution is 0.522. The lowest BCUT2D eigenvalue weighted by atomic mass is 10.0. The first-order valence-electron chi connectivity index (χ1n) is 6.01. The summed E-state index contributed by atoms with van der Waals surface area (Å²) in [4.78, 5) is -0.334. The topological polar surface area (TPSA) is 80.3 Å². The largest absolute Gasteiger partial charge is 0.261 e. The summed E-state index contributed by atoms with van der Waals surface area (Å²) in [6.07, 6.45) is 6.11.